The van der Waals surface area contributed by atoms with Crippen LogP contribution in [-0.4, -0.2) is 28.6 Å². The third-order valence-corrected chi connectivity index (χ3v) is 7.28. The molecule has 0 saturated carbocycles. The Kier molecular flexibility index (Phi) is 8.94. The molecule has 1 aliphatic rings. The molecule has 1 N–H and O–H groups in total. The molecule has 0 fully saturated rings. The number of aryl methyl sites for hydroxylation is 1. The molecule has 0 aliphatic carbocycles. The number of amides is 1. The van der Waals surface area contributed by atoms with Gasteiger partial charge in [-0.05, 0) is 66.9 Å². The van der Waals surface area contributed by atoms with Gasteiger partial charge < -0.3 is 14.6 Å². The molecular formula is C29H23Cl2NO5S. The molecule has 9 heteroatoms. The number of benzene rings is 3. The summed E-state index contributed by atoms with van der Waals surface area (Å²) < 4.78 is 10.9. The second-order valence-electron chi connectivity index (χ2n) is 8.20. The number of aliphatic imine (C=N–C) groups is 1. The highest BCUT2D eigenvalue weighted by molar-refractivity contribution is 8.18. The lowest BCUT2D eigenvalue weighted by atomic mass is 10.1. The molecule has 4 rings (SSSR count). The quantitative estimate of drug-likeness (QED) is 0.296. The fourth-order valence-electron chi connectivity index (χ4n) is 3.56. The highest BCUT2D eigenvalue weighted by atomic mass is 35.5. The van der Waals surface area contributed by atoms with Crippen molar-refractivity contribution < 1.29 is 24.2 Å². The SMILES string of the molecule is CCOC(=O)C1=C(O)/C(=C/c2ccc(OCc3ccc(Cl)c(Cl)c3)cc2)SC1=NC(=O)c1ccccc1C. The Labute approximate surface area is 234 Å². The number of aliphatic hydroxyl groups is 1. The molecule has 0 spiro atoms. The maximum atomic E-state index is 12.9. The zero-order chi connectivity index (χ0) is 27.2. The Morgan fingerprint density at radius 1 is 1.03 bits per heavy atom. The van der Waals surface area contributed by atoms with E-state index < -0.39 is 11.9 Å². The molecule has 1 amide bonds. The molecule has 38 heavy (non-hydrogen) atoms. The number of halogens is 2. The van der Waals surface area contributed by atoms with Crippen LogP contribution in [0.4, 0.5) is 0 Å². The van der Waals surface area contributed by atoms with Crippen LogP contribution in [0.3, 0.4) is 0 Å². The molecule has 3 aromatic carbocycles. The number of thioether (sulfide) groups is 1. The van der Waals surface area contributed by atoms with E-state index in [-0.39, 0.29) is 23.0 Å². The van der Waals surface area contributed by atoms with Gasteiger partial charge in [0.05, 0.1) is 21.6 Å². The van der Waals surface area contributed by atoms with Gasteiger partial charge in [0, 0.05) is 5.56 Å². The van der Waals surface area contributed by atoms with Crippen LogP contribution in [0.5, 0.6) is 5.75 Å². The predicted octanol–water partition coefficient (Wildman–Crippen LogP) is 7.58. The number of hydrogen-bond acceptors (Lipinski definition) is 6. The summed E-state index contributed by atoms with van der Waals surface area (Å²) in [5, 5.41) is 11.9. The smallest absolute Gasteiger partial charge is 0.344 e. The van der Waals surface area contributed by atoms with Crippen molar-refractivity contribution in [1.82, 2.24) is 0 Å². The van der Waals surface area contributed by atoms with Crippen LogP contribution in [-0.2, 0) is 16.1 Å². The minimum atomic E-state index is -0.747. The van der Waals surface area contributed by atoms with E-state index in [9.17, 15) is 14.7 Å². The van der Waals surface area contributed by atoms with Crippen LogP contribution in [0.15, 0.2) is 88.0 Å². The van der Waals surface area contributed by atoms with E-state index >= 15 is 0 Å². The van der Waals surface area contributed by atoms with Crippen molar-refractivity contribution >= 4 is 58.0 Å². The van der Waals surface area contributed by atoms with E-state index in [1.807, 2.05) is 24.3 Å². The molecule has 0 unspecified atom stereocenters. The number of carbonyl (C=O) groups is 2. The van der Waals surface area contributed by atoms with Gasteiger partial charge in [0.1, 0.15) is 28.7 Å². The van der Waals surface area contributed by atoms with E-state index in [1.54, 1.807) is 62.4 Å². The first-order valence-electron chi connectivity index (χ1n) is 11.6. The lowest BCUT2D eigenvalue weighted by Crippen LogP contribution is -2.14. The summed E-state index contributed by atoms with van der Waals surface area (Å²) in [5.74, 6) is -0.909. The fourth-order valence-corrected chi connectivity index (χ4v) is 4.90. The number of hydrogen-bond donors (Lipinski definition) is 1. The summed E-state index contributed by atoms with van der Waals surface area (Å²) in [4.78, 5) is 30.0. The second kappa shape index (κ2) is 12.3. The highest BCUT2D eigenvalue weighted by Crippen LogP contribution is 2.39. The van der Waals surface area contributed by atoms with Gasteiger partial charge in [-0.1, -0.05) is 71.4 Å². The standard InChI is InChI=1S/C29H23Cl2NO5S/c1-3-36-29(35)25-26(33)24(38-28(25)32-27(34)21-7-5-4-6-17(21)2)15-18-8-11-20(12-9-18)37-16-19-10-13-22(30)23(31)14-19/h4-15,33H,3,16H2,1-2H3/b24-15-,32-28?. The summed E-state index contributed by atoms with van der Waals surface area (Å²) >= 11 is 13.0. The van der Waals surface area contributed by atoms with Crippen molar-refractivity contribution in [3.8, 4) is 5.75 Å². The van der Waals surface area contributed by atoms with Crippen LogP contribution >= 0.6 is 35.0 Å². The molecule has 0 bridgehead atoms. The van der Waals surface area contributed by atoms with Crippen molar-refractivity contribution in [1.29, 1.82) is 0 Å². The average molecular weight is 568 g/mol. The van der Waals surface area contributed by atoms with Crippen LogP contribution in [0.25, 0.3) is 6.08 Å². The summed E-state index contributed by atoms with van der Waals surface area (Å²) in [5.41, 5.74) is 2.66. The number of carbonyl (C=O) groups excluding carboxylic acids is 2. The number of aliphatic hydroxyl groups excluding tert-OH is 1. The molecule has 6 nitrogen and oxygen atoms in total. The lowest BCUT2D eigenvalue weighted by molar-refractivity contribution is -0.138. The minimum absolute atomic E-state index is 0.0852. The Balaban J connectivity index is 1.55. The Morgan fingerprint density at radius 2 is 1.76 bits per heavy atom. The van der Waals surface area contributed by atoms with Gasteiger partial charge in [-0.3, -0.25) is 4.79 Å². The average Bonchev–Trinajstić information content (AvgIpc) is 3.20. The van der Waals surface area contributed by atoms with Crippen molar-refractivity contribution in [2.24, 2.45) is 4.99 Å². The Bertz CT molecular complexity index is 1480. The number of rotatable bonds is 7. The third-order valence-electron chi connectivity index (χ3n) is 5.52. The molecule has 0 radical (unpaired) electrons. The van der Waals surface area contributed by atoms with E-state index in [0.29, 0.717) is 32.9 Å². The monoisotopic (exact) mass is 567 g/mol. The first-order chi connectivity index (χ1) is 18.3. The second-order valence-corrected chi connectivity index (χ2v) is 10.0. The van der Waals surface area contributed by atoms with E-state index in [4.69, 9.17) is 32.7 Å². The minimum Gasteiger partial charge on any atom is -0.506 e. The van der Waals surface area contributed by atoms with Gasteiger partial charge in [-0.15, -0.1) is 0 Å². The predicted molar refractivity (Wildman–Crippen MR) is 152 cm³/mol. The maximum absolute atomic E-state index is 12.9. The largest absolute Gasteiger partial charge is 0.506 e. The first-order valence-corrected chi connectivity index (χ1v) is 13.2. The van der Waals surface area contributed by atoms with Gasteiger partial charge in [-0.2, -0.15) is 0 Å². The van der Waals surface area contributed by atoms with Gasteiger partial charge in [0.25, 0.3) is 5.91 Å². The fraction of sp³-hybridized carbons (Fsp3) is 0.138. The zero-order valence-corrected chi connectivity index (χ0v) is 22.9. The summed E-state index contributed by atoms with van der Waals surface area (Å²) in [7, 11) is 0. The normalized spacial score (nSPS) is 15.3. The summed E-state index contributed by atoms with van der Waals surface area (Å²) in [6.07, 6.45) is 1.70. The van der Waals surface area contributed by atoms with Crippen LogP contribution in [0.2, 0.25) is 10.0 Å². The molecule has 0 atom stereocenters. The van der Waals surface area contributed by atoms with Crippen LogP contribution in [0.1, 0.15) is 34.0 Å². The molecule has 0 aromatic heterocycles. The molecule has 3 aromatic rings. The number of esters is 1. The summed E-state index contributed by atoms with van der Waals surface area (Å²) in [6.45, 7) is 3.89. The van der Waals surface area contributed by atoms with Gasteiger partial charge >= 0.3 is 5.97 Å². The first kappa shape index (κ1) is 27.5. The van der Waals surface area contributed by atoms with E-state index in [0.717, 1.165) is 28.5 Å². The van der Waals surface area contributed by atoms with Crippen molar-refractivity contribution in [3.05, 3.63) is 115 Å². The maximum Gasteiger partial charge on any atom is 0.344 e. The van der Waals surface area contributed by atoms with E-state index in [1.165, 1.54) is 0 Å². The zero-order valence-electron chi connectivity index (χ0n) is 20.5. The van der Waals surface area contributed by atoms with Crippen LogP contribution < -0.4 is 4.74 Å². The lowest BCUT2D eigenvalue weighted by Gasteiger charge is -2.08. The van der Waals surface area contributed by atoms with Gasteiger partial charge in [0.2, 0.25) is 0 Å². The molecule has 1 heterocycles. The topological polar surface area (TPSA) is 85.2 Å². The number of nitrogens with zero attached hydrogens (tertiary/aromatic N) is 1. The Hall–Kier alpha value is -3.52. The third kappa shape index (κ3) is 6.48. The van der Waals surface area contributed by atoms with E-state index in [2.05, 4.69) is 4.99 Å². The number of ether oxygens (including phenoxy) is 2. The molecular weight excluding hydrogens is 545 g/mol. The summed E-state index contributed by atoms with van der Waals surface area (Å²) in [6, 6.07) is 19.5. The van der Waals surface area contributed by atoms with Crippen LogP contribution in [0, 0.1) is 6.92 Å². The van der Waals surface area contributed by atoms with Crippen molar-refractivity contribution in [2.45, 2.75) is 20.5 Å². The Morgan fingerprint density at radius 3 is 2.45 bits per heavy atom. The molecule has 194 valence electrons. The van der Waals surface area contributed by atoms with Crippen molar-refractivity contribution in [2.75, 3.05) is 6.61 Å². The van der Waals surface area contributed by atoms with Gasteiger partial charge in [-0.25, -0.2) is 9.79 Å². The molecule has 0 saturated heterocycles. The van der Waals surface area contributed by atoms with Gasteiger partial charge in [0.15, 0.2) is 0 Å². The van der Waals surface area contributed by atoms with Crippen molar-refractivity contribution in [3.63, 3.8) is 0 Å². The molecule has 1 aliphatic heterocycles. The highest BCUT2D eigenvalue weighted by Gasteiger charge is 2.34.